The van der Waals surface area contributed by atoms with Gasteiger partial charge in [-0.3, -0.25) is 14.6 Å². The number of ether oxygens (including phenoxy) is 1. The van der Waals surface area contributed by atoms with Gasteiger partial charge >= 0.3 is 5.97 Å². The number of H-pyrrole nitrogens is 1. The van der Waals surface area contributed by atoms with E-state index in [1.807, 2.05) is 4.90 Å². The predicted molar refractivity (Wildman–Crippen MR) is 162 cm³/mol. The van der Waals surface area contributed by atoms with Gasteiger partial charge in [0.2, 0.25) is 5.88 Å². The second kappa shape index (κ2) is 17.2. The maximum absolute atomic E-state index is 14.1. The Morgan fingerprint density at radius 1 is 0.976 bits per heavy atom. The molecule has 2 atom stereocenters. The Morgan fingerprint density at radius 3 is 2.10 bits per heavy atom. The van der Waals surface area contributed by atoms with Crippen LogP contribution in [0.2, 0.25) is 0 Å². The maximum atomic E-state index is 14.1. The molecule has 0 radical (unpaired) electrons. The molecule has 0 spiro atoms. The van der Waals surface area contributed by atoms with Gasteiger partial charge in [0.15, 0.2) is 11.3 Å². The number of azo groups is 1. The molecule has 2 aromatic rings. The third-order valence-electron chi connectivity index (χ3n) is 7.41. The van der Waals surface area contributed by atoms with Crippen molar-refractivity contribution < 1.29 is 19.4 Å². The van der Waals surface area contributed by atoms with Gasteiger partial charge in [0.25, 0.3) is 11.5 Å². The van der Waals surface area contributed by atoms with E-state index in [-0.39, 0.29) is 29.6 Å². The molecular weight excluding hydrogens is 522 g/mol. The van der Waals surface area contributed by atoms with Crippen LogP contribution in [-0.4, -0.2) is 46.6 Å². The molecule has 2 rings (SSSR count). The highest BCUT2D eigenvalue weighted by atomic mass is 16.5. The van der Waals surface area contributed by atoms with Gasteiger partial charge in [-0.1, -0.05) is 78.4 Å². The van der Waals surface area contributed by atoms with Gasteiger partial charge < -0.3 is 20.5 Å². The first-order valence-corrected chi connectivity index (χ1v) is 14.9. The Morgan fingerprint density at radius 2 is 1.56 bits per heavy atom. The van der Waals surface area contributed by atoms with E-state index in [9.17, 15) is 19.5 Å². The summed E-state index contributed by atoms with van der Waals surface area (Å²) < 4.78 is 4.91. The summed E-state index contributed by atoms with van der Waals surface area (Å²) in [5, 5.41) is 18.6. The van der Waals surface area contributed by atoms with E-state index in [0.29, 0.717) is 30.5 Å². The third-order valence-corrected chi connectivity index (χ3v) is 7.41. The molecule has 4 N–H and O–H groups in total. The summed E-state index contributed by atoms with van der Waals surface area (Å²) in [6.45, 7) is 11.7. The minimum absolute atomic E-state index is 0.0378. The van der Waals surface area contributed by atoms with Crippen LogP contribution in [0.5, 0.6) is 5.88 Å². The zero-order valence-corrected chi connectivity index (χ0v) is 25.2. The summed E-state index contributed by atoms with van der Waals surface area (Å²) in [6, 6.07) is 6.88. The number of aromatic amines is 1. The monoisotopic (exact) mass is 569 g/mol. The van der Waals surface area contributed by atoms with E-state index in [4.69, 9.17) is 10.5 Å². The second-order valence-electron chi connectivity index (χ2n) is 10.4. The average Bonchev–Trinajstić information content (AvgIpc) is 2.96. The number of amides is 1. The molecule has 0 fully saturated rings. The number of nitrogen functional groups attached to an aromatic ring is 1. The topological polar surface area (TPSA) is 150 Å². The number of benzene rings is 1. The summed E-state index contributed by atoms with van der Waals surface area (Å²) in [6.07, 6.45) is 8.58. The van der Waals surface area contributed by atoms with Crippen molar-refractivity contribution in [1.29, 1.82) is 0 Å². The lowest BCUT2D eigenvalue weighted by Gasteiger charge is -2.31. The number of carbonyl (C=O) groups is 2. The van der Waals surface area contributed by atoms with Crippen molar-refractivity contribution in [3.8, 4) is 5.88 Å². The lowest BCUT2D eigenvalue weighted by Crippen LogP contribution is -2.39. The first-order chi connectivity index (χ1) is 19.7. The lowest BCUT2D eigenvalue weighted by molar-refractivity contribution is 0.0525. The standard InChI is InChI=1S/C31H47N5O5/c1-6-11-15-21(8-3)19-36(20-22(9-4)16-12-7-2)30(39)23-17-13-14-18-24(23)34-35-27-26(32)25(31(40)41-10-5)28(37)33-29(27)38/h13-14,17-18,21-22H,6-12,15-16,19-20H2,1-5H3,(H4,32,33,37,38)/b35-34+. The number of unbranched alkanes of at least 4 members (excludes halogenated alkanes) is 2. The molecule has 10 heteroatoms. The van der Waals surface area contributed by atoms with Gasteiger partial charge in [-0.05, 0) is 43.7 Å². The lowest BCUT2D eigenvalue weighted by atomic mass is 9.95. The van der Waals surface area contributed by atoms with Crippen LogP contribution in [0.15, 0.2) is 39.3 Å². The molecule has 1 aromatic carbocycles. The van der Waals surface area contributed by atoms with Crippen molar-refractivity contribution in [3.63, 3.8) is 0 Å². The number of nitrogens with two attached hydrogens (primary N) is 1. The van der Waals surface area contributed by atoms with Gasteiger partial charge in [0, 0.05) is 13.1 Å². The number of hydrogen-bond acceptors (Lipinski definition) is 8. The van der Waals surface area contributed by atoms with Crippen molar-refractivity contribution in [2.24, 2.45) is 22.1 Å². The number of aromatic hydroxyl groups is 1. The molecule has 41 heavy (non-hydrogen) atoms. The highest BCUT2D eigenvalue weighted by Crippen LogP contribution is 2.34. The fourth-order valence-electron chi connectivity index (χ4n) is 4.82. The fraction of sp³-hybridized carbons (Fsp3) is 0.581. The van der Waals surface area contributed by atoms with E-state index in [1.165, 1.54) is 0 Å². The molecule has 0 bridgehead atoms. The largest absolute Gasteiger partial charge is 0.493 e. The van der Waals surface area contributed by atoms with Crippen LogP contribution < -0.4 is 11.3 Å². The second-order valence-corrected chi connectivity index (χ2v) is 10.4. The quantitative estimate of drug-likeness (QED) is 0.136. The zero-order chi connectivity index (χ0) is 30.4. The van der Waals surface area contributed by atoms with E-state index >= 15 is 0 Å². The SMILES string of the molecule is CCCCC(CC)CN(CC(CC)CCCC)C(=O)c1ccccc1/N=N/c1c(O)[nH]c(=O)c(C(=O)OCC)c1N. The molecule has 1 heterocycles. The first-order valence-electron chi connectivity index (χ1n) is 14.9. The molecule has 0 aliphatic rings. The Hall–Kier alpha value is -3.69. The smallest absolute Gasteiger partial charge is 0.345 e. The normalized spacial score (nSPS) is 12.8. The number of nitrogens with one attached hydrogen (secondary N) is 1. The molecule has 1 aromatic heterocycles. The number of aromatic nitrogens is 1. The summed E-state index contributed by atoms with van der Waals surface area (Å²) >= 11 is 0. The summed E-state index contributed by atoms with van der Waals surface area (Å²) in [5.74, 6) is -0.907. The number of carbonyl (C=O) groups excluding carboxylic acids is 2. The highest BCUT2D eigenvalue weighted by Gasteiger charge is 2.25. The molecule has 0 saturated carbocycles. The van der Waals surface area contributed by atoms with Crippen LogP contribution in [0, 0.1) is 11.8 Å². The minimum atomic E-state index is -0.934. The van der Waals surface area contributed by atoms with E-state index < -0.39 is 23.0 Å². The number of nitrogens with zero attached hydrogens (tertiary/aromatic N) is 3. The van der Waals surface area contributed by atoms with Crippen LogP contribution in [0.4, 0.5) is 17.1 Å². The van der Waals surface area contributed by atoms with Gasteiger partial charge in [-0.15, -0.1) is 10.2 Å². The molecule has 10 nitrogen and oxygen atoms in total. The van der Waals surface area contributed by atoms with E-state index in [1.54, 1.807) is 31.2 Å². The van der Waals surface area contributed by atoms with Gasteiger partial charge in [0.1, 0.15) is 0 Å². The van der Waals surface area contributed by atoms with Crippen molar-refractivity contribution in [2.75, 3.05) is 25.4 Å². The van der Waals surface area contributed by atoms with Crippen LogP contribution in [0.25, 0.3) is 0 Å². The Kier molecular flexibility index (Phi) is 14.1. The first kappa shape index (κ1) is 33.5. The molecule has 2 unspecified atom stereocenters. The third kappa shape index (κ3) is 9.43. The minimum Gasteiger partial charge on any atom is -0.493 e. The van der Waals surface area contributed by atoms with Crippen molar-refractivity contribution in [1.82, 2.24) is 9.88 Å². The molecular formula is C31H47N5O5. The zero-order valence-electron chi connectivity index (χ0n) is 25.2. The van der Waals surface area contributed by atoms with E-state index in [2.05, 4.69) is 42.9 Å². The molecule has 1 amide bonds. The van der Waals surface area contributed by atoms with Crippen LogP contribution in [-0.2, 0) is 4.74 Å². The number of pyridine rings is 1. The average molecular weight is 570 g/mol. The maximum Gasteiger partial charge on any atom is 0.345 e. The molecule has 0 aliphatic carbocycles. The number of hydrogen-bond donors (Lipinski definition) is 3. The summed E-state index contributed by atoms with van der Waals surface area (Å²) in [7, 11) is 0. The summed E-state index contributed by atoms with van der Waals surface area (Å²) in [5.41, 5.74) is 4.68. The fourth-order valence-corrected chi connectivity index (χ4v) is 4.82. The number of anilines is 1. The van der Waals surface area contributed by atoms with Crippen molar-refractivity contribution in [2.45, 2.75) is 86.0 Å². The van der Waals surface area contributed by atoms with Gasteiger partial charge in [0.05, 0.1) is 23.5 Å². The van der Waals surface area contributed by atoms with Gasteiger partial charge in [-0.25, -0.2) is 4.79 Å². The molecule has 0 saturated heterocycles. The van der Waals surface area contributed by atoms with Gasteiger partial charge in [-0.2, -0.15) is 0 Å². The van der Waals surface area contributed by atoms with Crippen molar-refractivity contribution >= 4 is 28.9 Å². The molecule has 226 valence electrons. The summed E-state index contributed by atoms with van der Waals surface area (Å²) in [4.78, 5) is 42.7. The Balaban J connectivity index is 2.48. The Labute approximate surface area is 243 Å². The highest BCUT2D eigenvalue weighted by molar-refractivity contribution is 5.99. The van der Waals surface area contributed by atoms with Crippen LogP contribution in [0.1, 0.15) is 107 Å². The van der Waals surface area contributed by atoms with Crippen LogP contribution >= 0.6 is 0 Å². The van der Waals surface area contributed by atoms with E-state index in [0.717, 1.165) is 51.4 Å². The number of esters is 1. The molecule has 0 aliphatic heterocycles. The predicted octanol–water partition coefficient (Wildman–Crippen LogP) is 7.13. The Bertz CT molecular complexity index is 1210. The van der Waals surface area contributed by atoms with Crippen molar-refractivity contribution in [3.05, 3.63) is 45.7 Å². The number of rotatable bonds is 17. The van der Waals surface area contributed by atoms with Crippen LogP contribution in [0.3, 0.4) is 0 Å².